The zero-order valence-electron chi connectivity index (χ0n) is 18.6. The zero-order chi connectivity index (χ0) is 20.4. The van der Waals surface area contributed by atoms with Crippen molar-refractivity contribution in [1.82, 2.24) is 0 Å². The highest BCUT2D eigenvalue weighted by Crippen LogP contribution is 2.31. The quantitative estimate of drug-likeness (QED) is 0.332. The minimum atomic E-state index is 0.518. The summed E-state index contributed by atoms with van der Waals surface area (Å²) in [5.41, 5.74) is 8.50. The maximum Gasteiger partial charge on any atom is 0.123 e. The molecule has 1 heteroatoms. The molecule has 0 aliphatic rings. The SMILES string of the molecule is C=C(C)CC(C)[B]C(CC)c1ccc(C)c(Cc2ccccc2)c1C.CC. The van der Waals surface area contributed by atoms with Crippen LogP contribution in [0.4, 0.5) is 0 Å². The highest BCUT2D eigenvalue weighted by molar-refractivity contribution is 6.39. The fourth-order valence-electron chi connectivity index (χ4n) is 3.86. The molecule has 27 heavy (non-hydrogen) atoms. The van der Waals surface area contributed by atoms with Crippen molar-refractivity contribution in [3.63, 3.8) is 0 Å². The maximum absolute atomic E-state index is 4.07. The van der Waals surface area contributed by atoms with E-state index in [1.165, 1.54) is 33.4 Å². The summed E-state index contributed by atoms with van der Waals surface area (Å²) in [6.45, 7) is 19.3. The Labute approximate surface area is 169 Å². The molecule has 0 amide bonds. The molecule has 0 aromatic heterocycles. The second-order valence-electron chi connectivity index (χ2n) is 7.58. The van der Waals surface area contributed by atoms with E-state index in [4.69, 9.17) is 0 Å². The van der Waals surface area contributed by atoms with Gasteiger partial charge in [0.25, 0.3) is 0 Å². The van der Waals surface area contributed by atoms with Crippen molar-refractivity contribution in [2.45, 2.75) is 79.4 Å². The normalized spacial score (nSPS) is 12.6. The Kier molecular flexibility index (Phi) is 10.2. The van der Waals surface area contributed by atoms with Gasteiger partial charge in [-0.2, -0.15) is 0 Å². The fourth-order valence-corrected chi connectivity index (χ4v) is 3.86. The molecule has 0 aliphatic carbocycles. The summed E-state index contributed by atoms with van der Waals surface area (Å²) < 4.78 is 0. The second-order valence-corrected chi connectivity index (χ2v) is 7.58. The van der Waals surface area contributed by atoms with Gasteiger partial charge in [0.05, 0.1) is 0 Å². The monoisotopic (exact) mass is 361 g/mol. The van der Waals surface area contributed by atoms with Crippen LogP contribution in [0.3, 0.4) is 0 Å². The molecular formula is C26H38B. The number of allylic oxidation sites excluding steroid dienone is 1. The Hall–Kier alpha value is -1.76. The summed E-state index contributed by atoms with van der Waals surface area (Å²) in [5.74, 6) is 1.09. The highest BCUT2D eigenvalue weighted by atomic mass is 14.2. The van der Waals surface area contributed by atoms with Crippen LogP contribution >= 0.6 is 0 Å². The van der Waals surface area contributed by atoms with Crippen molar-refractivity contribution in [2.75, 3.05) is 0 Å². The fraction of sp³-hybridized carbons (Fsp3) is 0.462. The molecule has 0 heterocycles. The molecule has 2 atom stereocenters. The van der Waals surface area contributed by atoms with E-state index in [1.54, 1.807) is 0 Å². The van der Waals surface area contributed by atoms with Crippen LogP contribution in [0.15, 0.2) is 54.6 Å². The van der Waals surface area contributed by atoms with E-state index < -0.39 is 0 Å². The Bertz CT molecular complexity index is 700. The van der Waals surface area contributed by atoms with Crippen molar-refractivity contribution in [3.8, 4) is 0 Å². The molecule has 2 rings (SSSR count). The van der Waals surface area contributed by atoms with Crippen LogP contribution in [-0.2, 0) is 6.42 Å². The number of hydrogen-bond donors (Lipinski definition) is 0. The Morgan fingerprint density at radius 1 is 1.04 bits per heavy atom. The van der Waals surface area contributed by atoms with Crippen molar-refractivity contribution < 1.29 is 0 Å². The zero-order valence-corrected chi connectivity index (χ0v) is 18.6. The highest BCUT2D eigenvalue weighted by Gasteiger charge is 2.19. The lowest BCUT2D eigenvalue weighted by Gasteiger charge is -2.23. The summed E-state index contributed by atoms with van der Waals surface area (Å²) in [6, 6.07) is 15.5. The first-order chi connectivity index (χ1) is 12.9. The van der Waals surface area contributed by atoms with Gasteiger partial charge in [0.1, 0.15) is 7.28 Å². The summed E-state index contributed by atoms with van der Waals surface area (Å²) in [6.07, 6.45) is 3.25. The molecule has 0 nitrogen and oxygen atoms in total. The molecule has 2 unspecified atom stereocenters. The van der Waals surface area contributed by atoms with Crippen LogP contribution in [0, 0.1) is 13.8 Å². The molecule has 0 spiro atoms. The predicted molar refractivity (Wildman–Crippen MR) is 124 cm³/mol. The lowest BCUT2D eigenvalue weighted by Crippen LogP contribution is -2.15. The first-order valence-corrected chi connectivity index (χ1v) is 10.5. The van der Waals surface area contributed by atoms with Crippen LogP contribution in [0.25, 0.3) is 0 Å². The van der Waals surface area contributed by atoms with Crippen LogP contribution in [-0.4, -0.2) is 7.28 Å². The van der Waals surface area contributed by atoms with Crippen LogP contribution in [0.5, 0.6) is 0 Å². The molecule has 2 aromatic carbocycles. The lowest BCUT2D eigenvalue weighted by atomic mass is 9.51. The van der Waals surface area contributed by atoms with E-state index in [1.807, 2.05) is 13.8 Å². The van der Waals surface area contributed by atoms with Crippen molar-refractivity contribution in [2.24, 2.45) is 0 Å². The summed E-state index contributed by atoms with van der Waals surface area (Å²) >= 11 is 0. The topological polar surface area (TPSA) is 0 Å². The van der Waals surface area contributed by atoms with Gasteiger partial charge in [0, 0.05) is 0 Å². The molecule has 0 N–H and O–H groups in total. The molecule has 0 saturated carbocycles. The van der Waals surface area contributed by atoms with E-state index >= 15 is 0 Å². The Balaban J connectivity index is 0.00000176. The molecule has 1 radical (unpaired) electrons. The van der Waals surface area contributed by atoms with E-state index in [9.17, 15) is 0 Å². The number of aryl methyl sites for hydroxylation is 1. The van der Waals surface area contributed by atoms with E-state index in [0.29, 0.717) is 11.6 Å². The van der Waals surface area contributed by atoms with Crippen molar-refractivity contribution in [1.29, 1.82) is 0 Å². The molecular weight excluding hydrogens is 323 g/mol. The summed E-state index contributed by atoms with van der Waals surface area (Å²) in [7, 11) is 2.53. The Morgan fingerprint density at radius 3 is 2.22 bits per heavy atom. The summed E-state index contributed by atoms with van der Waals surface area (Å²) in [5, 5.41) is 0. The van der Waals surface area contributed by atoms with Gasteiger partial charge in [-0.05, 0) is 67.2 Å². The minimum absolute atomic E-state index is 0.518. The average Bonchev–Trinajstić information content (AvgIpc) is 2.65. The van der Waals surface area contributed by atoms with Gasteiger partial charge >= 0.3 is 0 Å². The van der Waals surface area contributed by atoms with Gasteiger partial charge in [0.15, 0.2) is 0 Å². The van der Waals surface area contributed by atoms with E-state index in [-0.39, 0.29) is 0 Å². The van der Waals surface area contributed by atoms with Crippen LogP contribution in [0.1, 0.15) is 81.1 Å². The first-order valence-electron chi connectivity index (χ1n) is 10.5. The minimum Gasteiger partial charge on any atom is -0.100 e. The summed E-state index contributed by atoms with van der Waals surface area (Å²) in [4.78, 5) is 0. The van der Waals surface area contributed by atoms with Crippen LogP contribution in [0.2, 0.25) is 5.82 Å². The standard InChI is InChI=1S/C24H32B.C2H6/c1-7-24(25-19(5)15-17(2)3)22-14-13-18(4)23(20(22)6)16-21-11-9-8-10-12-21;1-2/h8-14,19,24H,2,7,15-16H2,1,3-6H3;1-2H3. The van der Waals surface area contributed by atoms with Gasteiger partial charge in [0.2, 0.25) is 0 Å². The molecule has 0 aliphatic heterocycles. The smallest absolute Gasteiger partial charge is 0.100 e. The Morgan fingerprint density at radius 2 is 1.67 bits per heavy atom. The molecule has 2 aromatic rings. The lowest BCUT2D eigenvalue weighted by molar-refractivity contribution is 0.807. The number of hydrogen-bond acceptors (Lipinski definition) is 0. The van der Waals surface area contributed by atoms with Gasteiger partial charge in [-0.3, -0.25) is 0 Å². The molecule has 0 saturated heterocycles. The largest absolute Gasteiger partial charge is 0.123 e. The predicted octanol–water partition coefficient (Wildman–Crippen LogP) is 7.85. The third-order valence-corrected chi connectivity index (χ3v) is 5.17. The second kappa shape index (κ2) is 11.9. The third kappa shape index (κ3) is 7.05. The van der Waals surface area contributed by atoms with Crippen molar-refractivity contribution in [3.05, 3.63) is 82.4 Å². The third-order valence-electron chi connectivity index (χ3n) is 5.17. The number of benzene rings is 2. The van der Waals surface area contributed by atoms with Crippen LogP contribution < -0.4 is 0 Å². The average molecular weight is 361 g/mol. The molecule has 145 valence electrons. The number of rotatable bonds is 8. The van der Waals surface area contributed by atoms with Gasteiger partial charge in [-0.25, -0.2) is 0 Å². The van der Waals surface area contributed by atoms with Crippen molar-refractivity contribution >= 4 is 7.28 Å². The molecule has 0 bridgehead atoms. The molecule has 0 fully saturated rings. The van der Waals surface area contributed by atoms with E-state index in [0.717, 1.165) is 19.3 Å². The first kappa shape index (κ1) is 23.3. The maximum atomic E-state index is 4.07. The van der Waals surface area contributed by atoms with Gasteiger partial charge in [-0.1, -0.05) is 88.0 Å². The van der Waals surface area contributed by atoms with Gasteiger partial charge < -0.3 is 0 Å². The van der Waals surface area contributed by atoms with E-state index in [2.05, 4.69) is 90.9 Å². The van der Waals surface area contributed by atoms with Gasteiger partial charge in [-0.15, -0.1) is 6.58 Å².